The smallest absolute Gasteiger partial charge is 0.407 e. The number of nitrogens with zero attached hydrogens (tertiary/aromatic N) is 4. The number of amides is 1. The number of carbonyl (C=O) groups is 3. The number of unbranched alkanes of at least 4 members (excludes halogenated alkanes) is 6. The molecule has 0 unspecified atom stereocenters. The summed E-state index contributed by atoms with van der Waals surface area (Å²) in [5, 5.41) is 2.79. The number of para-hydroxylation sites is 2. The van der Waals surface area contributed by atoms with Crippen molar-refractivity contribution in [2.45, 2.75) is 117 Å². The molecule has 2 aliphatic heterocycles. The van der Waals surface area contributed by atoms with Gasteiger partial charge in [0.15, 0.2) is 11.6 Å². The van der Waals surface area contributed by atoms with Crippen LogP contribution in [0.15, 0.2) is 84.9 Å². The average molecular weight is 855 g/mol. The van der Waals surface area contributed by atoms with Crippen molar-refractivity contribution < 1.29 is 28.6 Å². The fourth-order valence-corrected chi connectivity index (χ4v) is 8.23. The quantitative estimate of drug-likeness (QED) is 0.0854. The summed E-state index contributed by atoms with van der Waals surface area (Å²) in [6, 6.07) is 27.8. The third kappa shape index (κ3) is 11.7. The van der Waals surface area contributed by atoms with Crippen LogP contribution >= 0.6 is 0 Å². The second-order valence-electron chi connectivity index (χ2n) is 17.4. The van der Waals surface area contributed by atoms with Crippen LogP contribution in [0.2, 0.25) is 0 Å². The Bertz CT molecular complexity index is 2480. The van der Waals surface area contributed by atoms with Crippen LogP contribution in [-0.4, -0.2) is 68.7 Å². The number of hydrogen-bond acceptors (Lipinski definition) is 9. The number of aryl methyl sites for hydroxylation is 2. The molecule has 2 aliphatic rings. The van der Waals surface area contributed by atoms with Gasteiger partial charge in [0.05, 0.1) is 35.3 Å². The maximum Gasteiger partial charge on any atom is 0.407 e. The van der Waals surface area contributed by atoms with Crippen molar-refractivity contribution in [3.05, 3.63) is 96.1 Å². The molecule has 12 nitrogen and oxygen atoms in total. The second-order valence-corrected chi connectivity index (χ2v) is 17.4. The molecule has 3 N–H and O–H groups in total. The number of Topliss-reactive ketones (excluding diaryl/α,β-unsaturated/α-hetero) is 2. The first kappa shape index (κ1) is 45.0. The van der Waals surface area contributed by atoms with Crippen molar-refractivity contribution in [1.29, 1.82) is 0 Å². The number of hydrogen-bond donors (Lipinski definition) is 2. The molecule has 0 fully saturated rings. The zero-order valence-corrected chi connectivity index (χ0v) is 37.1. The molecular formula is C51H62N6O6. The minimum atomic E-state index is -0.466. The lowest BCUT2D eigenvalue weighted by Gasteiger charge is -2.19. The molecule has 0 radical (unpaired) electrons. The van der Waals surface area contributed by atoms with E-state index in [0.717, 1.165) is 151 Å². The van der Waals surface area contributed by atoms with E-state index in [1.165, 1.54) is 6.42 Å². The van der Waals surface area contributed by atoms with Gasteiger partial charge in [0.25, 0.3) is 0 Å². The Kier molecular flexibility index (Phi) is 15.3. The SMILES string of the molecule is CC(C)(C)OC(=O)NCCCCCCOc1ccc(-c2nc3cccc4c3n2CCCC4=O)cc1.NCCCCCCOc1ccc(-c2nc3cccc4c3n2CCCC4=O)cc1. The lowest BCUT2D eigenvalue weighted by atomic mass is 10.1. The lowest BCUT2D eigenvalue weighted by Crippen LogP contribution is -2.32. The van der Waals surface area contributed by atoms with E-state index < -0.39 is 5.60 Å². The monoisotopic (exact) mass is 854 g/mol. The summed E-state index contributed by atoms with van der Waals surface area (Å²) in [7, 11) is 0. The highest BCUT2D eigenvalue weighted by molar-refractivity contribution is 6.08. The van der Waals surface area contributed by atoms with Gasteiger partial charge in [0, 0.05) is 54.7 Å². The van der Waals surface area contributed by atoms with E-state index in [2.05, 4.69) is 26.6 Å². The number of ether oxygens (including phenoxy) is 3. The molecule has 0 atom stereocenters. The number of ketones is 2. The van der Waals surface area contributed by atoms with Gasteiger partial charge in [-0.15, -0.1) is 0 Å². The molecule has 4 aromatic carbocycles. The van der Waals surface area contributed by atoms with Gasteiger partial charge >= 0.3 is 6.09 Å². The number of imidazole rings is 2. The second kappa shape index (κ2) is 21.4. The maximum atomic E-state index is 12.5. The molecule has 1 amide bonds. The molecular weight excluding hydrogens is 793 g/mol. The molecule has 0 spiro atoms. The molecule has 4 heterocycles. The molecule has 0 saturated heterocycles. The Morgan fingerprint density at radius 3 is 1.56 bits per heavy atom. The summed E-state index contributed by atoms with van der Waals surface area (Å²) in [5.74, 6) is 3.95. The normalized spacial score (nSPS) is 13.6. The number of nitrogens with two attached hydrogens (primary N) is 1. The van der Waals surface area contributed by atoms with E-state index >= 15 is 0 Å². The van der Waals surface area contributed by atoms with Crippen LogP contribution in [0.3, 0.4) is 0 Å². The first-order chi connectivity index (χ1) is 30.6. The standard InChI is InChI=1S/C28H35N3O4.C23H27N3O2/c1-28(2,3)35-27(33)29-17-6-4-5-7-19-34-21-15-13-20(14-16-21)26-30-23-11-8-10-22-24(32)12-9-18-31(26)25(22)23;24-14-3-1-2-4-16-28-18-12-10-17(11-13-18)23-25-20-8-5-7-19-21(27)9-6-15-26(23)22(19)20/h8,10-11,13-16H,4-7,9,12,17-19H2,1-3H3,(H,29,33);5,7-8,10-13H,1-4,6,9,14-16,24H2. The van der Waals surface area contributed by atoms with Crippen molar-refractivity contribution in [3.8, 4) is 34.3 Å². The van der Waals surface area contributed by atoms with Gasteiger partial charge in [-0.05, 0) is 139 Å². The predicted octanol–water partition coefficient (Wildman–Crippen LogP) is 10.7. The van der Waals surface area contributed by atoms with Crippen LogP contribution in [0.5, 0.6) is 11.5 Å². The number of alkyl carbamates (subject to hydrolysis) is 1. The van der Waals surface area contributed by atoms with Crippen LogP contribution in [0.25, 0.3) is 44.8 Å². The molecule has 2 aromatic heterocycles. The summed E-state index contributed by atoms with van der Waals surface area (Å²) in [5.41, 5.74) is 12.4. The Balaban J connectivity index is 0.000000193. The average Bonchev–Trinajstić information content (AvgIpc) is 3.72. The Labute approximate surface area is 370 Å². The van der Waals surface area contributed by atoms with Crippen molar-refractivity contribution in [2.24, 2.45) is 5.73 Å². The zero-order chi connectivity index (χ0) is 44.2. The predicted molar refractivity (Wildman–Crippen MR) is 249 cm³/mol. The maximum absolute atomic E-state index is 12.5. The molecule has 0 aliphatic carbocycles. The molecule has 0 saturated carbocycles. The molecule has 332 valence electrons. The van der Waals surface area contributed by atoms with Crippen molar-refractivity contribution in [1.82, 2.24) is 24.4 Å². The fraction of sp³-hybridized carbons (Fsp3) is 0.431. The van der Waals surface area contributed by atoms with Gasteiger partial charge in [-0.2, -0.15) is 0 Å². The van der Waals surface area contributed by atoms with Gasteiger partial charge < -0.3 is 34.4 Å². The van der Waals surface area contributed by atoms with Crippen molar-refractivity contribution in [2.75, 3.05) is 26.3 Å². The Hall–Kier alpha value is -6.01. The molecule has 8 rings (SSSR count). The first-order valence-electron chi connectivity index (χ1n) is 22.8. The van der Waals surface area contributed by atoms with E-state index in [1.54, 1.807) is 0 Å². The Morgan fingerprint density at radius 2 is 1.10 bits per heavy atom. The molecule has 12 heteroatoms. The van der Waals surface area contributed by atoms with Gasteiger partial charge in [0.2, 0.25) is 0 Å². The summed E-state index contributed by atoms with van der Waals surface area (Å²) in [6.45, 7) is 9.95. The van der Waals surface area contributed by atoms with E-state index in [9.17, 15) is 14.4 Å². The third-order valence-corrected chi connectivity index (χ3v) is 11.3. The summed E-state index contributed by atoms with van der Waals surface area (Å²) in [4.78, 5) is 46.2. The van der Waals surface area contributed by atoms with Crippen LogP contribution in [0.4, 0.5) is 4.79 Å². The van der Waals surface area contributed by atoms with Gasteiger partial charge in [-0.25, -0.2) is 14.8 Å². The fourth-order valence-electron chi connectivity index (χ4n) is 8.23. The number of benzene rings is 4. The van der Waals surface area contributed by atoms with Crippen LogP contribution < -0.4 is 20.5 Å². The lowest BCUT2D eigenvalue weighted by molar-refractivity contribution is 0.0526. The topological polar surface area (TPSA) is 153 Å². The van der Waals surface area contributed by atoms with Crippen molar-refractivity contribution >= 4 is 39.7 Å². The summed E-state index contributed by atoms with van der Waals surface area (Å²) >= 11 is 0. The van der Waals surface area contributed by atoms with Gasteiger partial charge in [0.1, 0.15) is 28.7 Å². The Morgan fingerprint density at radius 1 is 0.635 bits per heavy atom. The number of rotatable bonds is 17. The van der Waals surface area contributed by atoms with E-state index in [1.807, 2.05) is 93.6 Å². The minimum absolute atomic E-state index is 0.198. The van der Waals surface area contributed by atoms with E-state index in [4.69, 9.17) is 29.9 Å². The minimum Gasteiger partial charge on any atom is -0.494 e. The molecule has 63 heavy (non-hydrogen) atoms. The number of nitrogens with one attached hydrogen (secondary N) is 1. The summed E-state index contributed by atoms with van der Waals surface area (Å²) < 4.78 is 21.4. The van der Waals surface area contributed by atoms with E-state index in [-0.39, 0.29) is 17.7 Å². The van der Waals surface area contributed by atoms with Crippen LogP contribution in [-0.2, 0) is 17.8 Å². The van der Waals surface area contributed by atoms with Crippen molar-refractivity contribution in [3.63, 3.8) is 0 Å². The largest absolute Gasteiger partial charge is 0.494 e. The third-order valence-electron chi connectivity index (χ3n) is 11.3. The molecule has 6 aromatic rings. The highest BCUT2D eigenvalue weighted by atomic mass is 16.6. The highest BCUT2D eigenvalue weighted by Crippen LogP contribution is 2.33. The number of aromatic nitrogens is 4. The van der Waals surface area contributed by atoms with Crippen LogP contribution in [0, 0.1) is 0 Å². The number of carbonyl (C=O) groups excluding carboxylic acids is 3. The van der Waals surface area contributed by atoms with E-state index in [0.29, 0.717) is 26.0 Å². The zero-order valence-electron chi connectivity index (χ0n) is 37.1. The summed E-state index contributed by atoms with van der Waals surface area (Å²) in [6.07, 6.45) is 10.9. The molecule has 0 bridgehead atoms. The van der Waals surface area contributed by atoms with Gasteiger partial charge in [-0.3, -0.25) is 9.59 Å². The van der Waals surface area contributed by atoms with Crippen LogP contribution in [0.1, 0.15) is 119 Å². The highest BCUT2D eigenvalue weighted by Gasteiger charge is 2.23. The van der Waals surface area contributed by atoms with Gasteiger partial charge in [-0.1, -0.05) is 37.8 Å². The first-order valence-corrected chi connectivity index (χ1v) is 22.8.